The van der Waals surface area contributed by atoms with E-state index in [1.54, 1.807) is 35.8 Å². The van der Waals surface area contributed by atoms with E-state index >= 15 is 0 Å². The second kappa shape index (κ2) is 13.3. The zero-order valence-electron chi connectivity index (χ0n) is 20.7. The Hall–Kier alpha value is -3.54. The van der Waals surface area contributed by atoms with Crippen molar-refractivity contribution in [3.8, 4) is 5.75 Å². The van der Waals surface area contributed by atoms with E-state index in [9.17, 15) is 14.4 Å². The van der Waals surface area contributed by atoms with Crippen LogP contribution in [-0.4, -0.2) is 52.6 Å². The normalized spacial score (nSPS) is 11.4. The second-order valence-electron chi connectivity index (χ2n) is 7.66. The molecule has 1 unspecified atom stereocenters. The number of nitrogens with zero attached hydrogens (tertiary/aromatic N) is 3. The number of anilines is 1. The number of ether oxygens (including phenoxy) is 3. The number of carbonyl (C=O) groups excluding carboxylic acids is 3. The molecule has 0 fully saturated rings. The Bertz CT molecular complexity index is 1360. The Morgan fingerprint density at radius 2 is 1.84 bits per heavy atom. The highest BCUT2D eigenvalue weighted by molar-refractivity contribution is 7.99. The maximum atomic E-state index is 12.8. The first-order valence-electron chi connectivity index (χ1n) is 11.1. The van der Waals surface area contributed by atoms with Crippen LogP contribution in [-0.2, 0) is 20.8 Å². The van der Waals surface area contributed by atoms with Crippen LogP contribution < -0.4 is 10.1 Å². The molecule has 0 aliphatic rings. The van der Waals surface area contributed by atoms with Crippen molar-refractivity contribution in [3.05, 3.63) is 76.0 Å². The van der Waals surface area contributed by atoms with E-state index in [0.717, 1.165) is 11.8 Å². The first kappa shape index (κ1) is 29.0. The number of nitrogens with one attached hydrogen (secondary N) is 1. The topological polar surface area (TPSA) is 122 Å². The number of amides is 1. The van der Waals surface area contributed by atoms with Gasteiger partial charge in [0.05, 0.1) is 41.8 Å². The predicted molar refractivity (Wildman–Crippen MR) is 144 cm³/mol. The Morgan fingerprint density at radius 3 is 2.50 bits per heavy atom. The Labute approximate surface area is 233 Å². The van der Waals surface area contributed by atoms with Crippen molar-refractivity contribution in [2.75, 3.05) is 25.3 Å². The first-order chi connectivity index (χ1) is 18.2. The molecule has 3 rings (SSSR count). The molecule has 10 nitrogen and oxygen atoms in total. The van der Waals surface area contributed by atoms with E-state index in [1.807, 2.05) is 0 Å². The molecule has 1 atom stereocenters. The van der Waals surface area contributed by atoms with Crippen LogP contribution in [0.2, 0.25) is 10.0 Å². The highest BCUT2D eigenvalue weighted by Gasteiger charge is 2.22. The van der Waals surface area contributed by atoms with E-state index in [0.29, 0.717) is 33.3 Å². The molecule has 0 radical (unpaired) electrons. The summed E-state index contributed by atoms with van der Waals surface area (Å²) in [4.78, 5) is 36.8. The summed E-state index contributed by atoms with van der Waals surface area (Å²) in [6.07, 6.45) is 1.13. The van der Waals surface area contributed by atoms with Gasteiger partial charge in [0.2, 0.25) is 5.91 Å². The average Bonchev–Trinajstić information content (AvgIpc) is 3.30. The van der Waals surface area contributed by atoms with Crippen LogP contribution in [0.25, 0.3) is 0 Å². The SMILES string of the molecule is C=CCn1c(SCC(=O)Nc2cc(C(=O)OC)ccc2C(=O)OC)nnc1C(C)Oc1ccc(Cl)cc1Cl. The molecule has 1 amide bonds. The number of esters is 2. The van der Waals surface area contributed by atoms with Crippen molar-refractivity contribution in [2.45, 2.75) is 24.7 Å². The molecule has 0 aliphatic heterocycles. The van der Waals surface area contributed by atoms with Gasteiger partial charge >= 0.3 is 11.9 Å². The Kier molecular flexibility index (Phi) is 10.2. The number of hydrogen-bond donors (Lipinski definition) is 1. The molecule has 2 aromatic carbocycles. The summed E-state index contributed by atoms with van der Waals surface area (Å²) >= 11 is 13.3. The van der Waals surface area contributed by atoms with Gasteiger partial charge in [-0.1, -0.05) is 41.0 Å². The zero-order valence-corrected chi connectivity index (χ0v) is 23.0. The molecule has 3 aromatic rings. The van der Waals surface area contributed by atoms with Crippen molar-refractivity contribution in [1.82, 2.24) is 14.8 Å². The van der Waals surface area contributed by atoms with Gasteiger partial charge in [-0.3, -0.25) is 9.36 Å². The van der Waals surface area contributed by atoms with Gasteiger partial charge in [0, 0.05) is 11.6 Å². The third kappa shape index (κ3) is 7.06. The second-order valence-corrected chi connectivity index (χ2v) is 9.44. The molecule has 0 spiro atoms. The summed E-state index contributed by atoms with van der Waals surface area (Å²) in [6.45, 7) is 5.93. The molecule has 1 heterocycles. The lowest BCUT2D eigenvalue weighted by Crippen LogP contribution is -2.18. The van der Waals surface area contributed by atoms with Gasteiger partial charge in [-0.25, -0.2) is 9.59 Å². The quantitative estimate of drug-likeness (QED) is 0.185. The van der Waals surface area contributed by atoms with Gasteiger partial charge in [0.25, 0.3) is 0 Å². The van der Waals surface area contributed by atoms with Crippen LogP contribution in [0.3, 0.4) is 0 Å². The van der Waals surface area contributed by atoms with Crippen molar-refractivity contribution in [1.29, 1.82) is 0 Å². The summed E-state index contributed by atoms with van der Waals surface area (Å²) in [5, 5.41) is 12.4. The van der Waals surface area contributed by atoms with Crippen molar-refractivity contribution in [3.63, 3.8) is 0 Å². The van der Waals surface area contributed by atoms with E-state index in [-0.39, 0.29) is 22.6 Å². The largest absolute Gasteiger partial charge is 0.481 e. The summed E-state index contributed by atoms with van der Waals surface area (Å²) in [5.41, 5.74) is 0.358. The van der Waals surface area contributed by atoms with Gasteiger partial charge in [0.15, 0.2) is 17.1 Å². The number of allylic oxidation sites excluding steroid dienone is 1. The average molecular weight is 579 g/mol. The Balaban J connectivity index is 1.75. The van der Waals surface area contributed by atoms with E-state index in [4.69, 9.17) is 37.4 Å². The van der Waals surface area contributed by atoms with E-state index in [2.05, 4.69) is 22.1 Å². The van der Waals surface area contributed by atoms with Gasteiger partial charge < -0.3 is 19.5 Å². The summed E-state index contributed by atoms with van der Waals surface area (Å²) < 4.78 is 17.2. The number of methoxy groups -OCH3 is 2. The third-order valence-electron chi connectivity index (χ3n) is 5.07. The van der Waals surface area contributed by atoms with Crippen LogP contribution in [0.4, 0.5) is 5.69 Å². The lowest BCUT2D eigenvalue weighted by atomic mass is 10.1. The lowest BCUT2D eigenvalue weighted by molar-refractivity contribution is -0.113. The molecule has 0 saturated heterocycles. The highest BCUT2D eigenvalue weighted by atomic mass is 35.5. The number of rotatable bonds is 11. The van der Waals surface area contributed by atoms with E-state index in [1.165, 1.54) is 32.4 Å². The van der Waals surface area contributed by atoms with Crippen molar-refractivity contribution in [2.24, 2.45) is 0 Å². The molecule has 0 aliphatic carbocycles. The Morgan fingerprint density at radius 1 is 1.11 bits per heavy atom. The molecular weight excluding hydrogens is 555 g/mol. The molecule has 1 N–H and O–H groups in total. The van der Waals surface area contributed by atoms with Gasteiger partial charge in [-0.05, 0) is 43.3 Å². The number of carbonyl (C=O) groups is 3. The molecule has 0 bridgehead atoms. The summed E-state index contributed by atoms with van der Waals surface area (Å²) in [6, 6.07) is 9.03. The number of halogens is 2. The van der Waals surface area contributed by atoms with Crippen molar-refractivity contribution >= 4 is 58.5 Å². The molecular formula is C25H24Cl2N4O6S. The van der Waals surface area contributed by atoms with Crippen LogP contribution >= 0.6 is 35.0 Å². The number of aromatic nitrogens is 3. The number of benzene rings is 2. The fourth-order valence-corrected chi connectivity index (χ4v) is 4.53. The minimum absolute atomic E-state index is 0.0728. The summed E-state index contributed by atoms with van der Waals surface area (Å²) in [5.74, 6) is -0.883. The van der Waals surface area contributed by atoms with Crippen LogP contribution in [0.5, 0.6) is 5.75 Å². The maximum absolute atomic E-state index is 12.8. The molecule has 13 heteroatoms. The lowest BCUT2D eigenvalue weighted by Gasteiger charge is -2.16. The first-order valence-corrected chi connectivity index (χ1v) is 12.8. The fraction of sp³-hybridized carbons (Fsp3) is 0.240. The molecule has 0 saturated carbocycles. The van der Waals surface area contributed by atoms with E-state index < -0.39 is 23.9 Å². The summed E-state index contributed by atoms with van der Waals surface area (Å²) in [7, 11) is 2.45. The van der Waals surface area contributed by atoms with Crippen molar-refractivity contribution < 1.29 is 28.6 Å². The standard InChI is InChI=1S/C25H24Cl2N4O6S/c1-5-10-31-22(14(2)37-20-9-7-16(26)12-18(20)27)29-30-25(31)38-13-21(32)28-19-11-15(23(33)35-3)6-8-17(19)24(34)36-4/h5-9,11-12,14H,1,10,13H2,2-4H3,(H,28,32). The highest BCUT2D eigenvalue weighted by Crippen LogP contribution is 2.32. The maximum Gasteiger partial charge on any atom is 0.339 e. The molecule has 38 heavy (non-hydrogen) atoms. The van der Waals surface area contributed by atoms with Crippen LogP contribution in [0.15, 0.2) is 54.2 Å². The van der Waals surface area contributed by atoms with Gasteiger partial charge in [-0.15, -0.1) is 16.8 Å². The minimum Gasteiger partial charge on any atom is -0.481 e. The zero-order chi connectivity index (χ0) is 27.8. The van der Waals surface area contributed by atoms with Gasteiger partial charge in [0.1, 0.15) is 5.75 Å². The minimum atomic E-state index is -0.672. The number of thioether (sulfide) groups is 1. The molecule has 1 aromatic heterocycles. The fourth-order valence-electron chi connectivity index (χ4n) is 3.32. The smallest absolute Gasteiger partial charge is 0.339 e. The predicted octanol–water partition coefficient (Wildman–Crippen LogP) is 5.21. The third-order valence-corrected chi connectivity index (χ3v) is 6.57. The van der Waals surface area contributed by atoms with Gasteiger partial charge in [-0.2, -0.15) is 0 Å². The number of hydrogen-bond acceptors (Lipinski definition) is 9. The monoisotopic (exact) mass is 578 g/mol. The molecule has 200 valence electrons. The van der Waals surface area contributed by atoms with Crippen LogP contribution in [0, 0.1) is 0 Å². The van der Waals surface area contributed by atoms with Crippen LogP contribution in [0.1, 0.15) is 39.6 Å².